The van der Waals surface area contributed by atoms with Gasteiger partial charge in [-0.2, -0.15) is 0 Å². The number of aliphatic hydroxyl groups is 1. The SMILES string of the molecule is COc1ccc2nccc(CCC[C@@H]3CCN(CCCSc4cnccn4)C[C@@H]3CO)c2c1. The number of aromatic nitrogens is 3. The number of hydrogen-bond donors (Lipinski definition) is 1. The fraction of sp³-hybridized carbons (Fsp3) is 0.500. The van der Waals surface area contributed by atoms with Crippen LogP contribution in [0.3, 0.4) is 0 Å². The third-order valence-electron chi connectivity index (χ3n) is 6.68. The smallest absolute Gasteiger partial charge is 0.119 e. The molecule has 0 aliphatic carbocycles. The van der Waals surface area contributed by atoms with Crippen molar-refractivity contribution in [3.05, 3.63) is 54.6 Å². The van der Waals surface area contributed by atoms with E-state index in [4.69, 9.17) is 4.74 Å². The second-order valence-corrected chi connectivity index (χ2v) is 9.90. The molecule has 3 heterocycles. The summed E-state index contributed by atoms with van der Waals surface area (Å²) in [6.07, 6.45) is 12.8. The fourth-order valence-corrected chi connectivity index (χ4v) is 5.61. The van der Waals surface area contributed by atoms with Gasteiger partial charge in [-0.25, -0.2) is 4.98 Å². The molecule has 0 saturated carbocycles. The highest BCUT2D eigenvalue weighted by Crippen LogP contribution is 2.30. The van der Waals surface area contributed by atoms with Gasteiger partial charge < -0.3 is 14.7 Å². The number of hydrogen-bond acceptors (Lipinski definition) is 7. The fourth-order valence-electron chi connectivity index (χ4n) is 4.85. The molecule has 0 radical (unpaired) electrons. The van der Waals surface area contributed by atoms with Crippen molar-refractivity contribution in [3.63, 3.8) is 0 Å². The highest BCUT2D eigenvalue weighted by atomic mass is 32.2. The highest BCUT2D eigenvalue weighted by Gasteiger charge is 2.28. The minimum atomic E-state index is 0.283. The Kier molecular flexibility index (Phi) is 8.92. The number of fused-ring (bicyclic) bond motifs is 1. The zero-order chi connectivity index (χ0) is 22.9. The van der Waals surface area contributed by atoms with E-state index in [9.17, 15) is 5.11 Å². The van der Waals surface area contributed by atoms with Crippen molar-refractivity contribution in [2.24, 2.45) is 11.8 Å². The number of aliphatic hydroxyl groups excluding tert-OH is 1. The van der Waals surface area contributed by atoms with Crippen LogP contribution in [-0.2, 0) is 6.42 Å². The van der Waals surface area contributed by atoms with Gasteiger partial charge in [0.25, 0.3) is 0 Å². The number of aryl methyl sites for hydroxylation is 1. The molecule has 176 valence electrons. The van der Waals surface area contributed by atoms with E-state index in [1.807, 2.05) is 24.5 Å². The number of benzene rings is 1. The molecule has 1 aliphatic rings. The molecule has 33 heavy (non-hydrogen) atoms. The maximum absolute atomic E-state index is 10.0. The van der Waals surface area contributed by atoms with E-state index in [0.717, 1.165) is 67.4 Å². The number of ether oxygens (including phenoxy) is 1. The first kappa shape index (κ1) is 23.9. The molecule has 3 aromatic rings. The van der Waals surface area contributed by atoms with E-state index in [-0.39, 0.29) is 6.61 Å². The van der Waals surface area contributed by atoms with Crippen molar-refractivity contribution < 1.29 is 9.84 Å². The minimum Gasteiger partial charge on any atom is -0.497 e. The van der Waals surface area contributed by atoms with Gasteiger partial charge in [0.15, 0.2) is 0 Å². The summed E-state index contributed by atoms with van der Waals surface area (Å²) in [6.45, 7) is 3.50. The third-order valence-corrected chi connectivity index (χ3v) is 7.68. The van der Waals surface area contributed by atoms with E-state index in [1.165, 1.54) is 17.4 Å². The van der Waals surface area contributed by atoms with Crippen LogP contribution in [0, 0.1) is 11.8 Å². The first-order valence-corrected chi connectivity index (χ1v) is 12.9. The van der Waals surface area contributed by atoms with Crippen LogP contribution >= 0.6 is 11.8 Å². The van der Waals surface area contributed by atoms with E-state index < -0.39 is 0 Å². The zero-order valence-corrected chi connectivity index (χ0v) is 20.2. The minimum absolute atomic E-state index is 0.283. The Bertz CT molecular complexity index is 1000. The standard InChI is InChI=1S/C26H34N4O2S/c1-32-23-6-7-25-24(16-23)21(8-10-28-25)5-2-4-20-9-14-30(18-22(20)19-31)13-3-15-33-26-17-27-11-12-29-26/h6-8,10-12,16-17,20,22,31H,2-5,9,13-15,18-19H2,1H3/t20-,22-/m1/s1. The summed E-state index contributed by atoms with van der Waals surface area (Å²) in [6, 6.07) is 8.22. The summed E-state index contributed by atoms with van der Waals surface area (Å²) in [7, 11) is 1.70. The summed E-state index contributed by atoms with van der Waals surface area (Å²) < 4.78 is 5.41. The van der Waals surface area contributed by atoms with Gasteiger partial charge >= 0.3 is 0 Å². The lowest BCUT2D eigenvalue weighted by atomic mass is 9.82. The van der Waals surface area contributed by atoms with Gasteiger partial charge in [-0.3, -0.25) is 9.97 Å². The Labute approximate surface area is 200 Å². The van der Waals surface area contributed by atoms with Crippen LogP contribution in [0.4, 0.5) is 0 Å². The van der Waals surface area contributed by atoms with Crippen LogP contribution in [0.15, 0.2) is 54.1 Å². The molecule has 0 unspecified atom stereocenters. The predicted octanol–water partition coefficient (Wildman–Crippen LogP) is 4.47. The van der Waals surface area contributed by atoms with Gasteiger partial charge in [0.2, 0.25) is 0 Å². The second-order valence-electron chi connectivity index (χ2n) is 8.78. The average Bonchev–Trinajstić information content (AvgIpc) is 2.87. The van der Waals surface area contributed by atoms with E-state index in [2.05, 4.69) is 32.0 Å². The Morgan fingerprint density at radius 2 is 2.06 bits per heavy atom. The first-order chi connectivity index (χ1) is 16.3. The maximum atomic E-state index is 10.0. The summed E-state index contributed by atoms with van der Waals surface area (Å²) in [4.78, 5) is 15.5. The molecule has 1 N–H and O–H groups in total. The van der Waals surface area contributed by atoms with Crippen molar-refractivity contribution in [2.75, 3.05) is 39.1 Å². The Morgan fingerprint density at radius 1 is 1.12 bits per heavy atom. The second kappa shape index (κ2) is 12.3. The van der Waals surface area contributed by atoms with Crippen LogP contribution in [-0.4, -0.2) is 64.1 Å². The number of likely N-dealkylation sites (tertiary alicyclic amines) is 1. The summed E-state index contributed by atoms with van der Waals surface area (Å²) >= 11 is 1.77. The van der Waals surface area contributed by atoms with Crippen LogP contribution in [0.1, 0.15) is 31.2 Å². The number of methoxy groups -OCH3 is 1. The molecule has 0 bridgehead atoms. The molecule has 1 aromatic carbocycles. The lowest BCUT2D eigenvalue weighted by molar-refractivity contribution is 0.0677. The molecular weight excluding hydrogens is 432 g/mol. The monoisotopic (exact) mass is 466 g/mol. The van der Waals surface area contributed by atoms with Crippen molar-refractivity contribution in [1.29, 1.82) is 0 Å². The highest BCUT2D eigenvalue weighted by molar-refractivity contribution is 7.99. The zero-order valence-electron chi connectivity index (χ0n) is 19.4. The predicted molar refractivity (Wildman–Crippen MR) is 134 cm³/mol. The topological polar surface area (TPSA) is 71.4 Å². The van der Waals surface area contributed by atoms with Gasteiger partial charge in [-0.1, -0.05) is 0 Å². The van der Waals surface area contributed by atoms with Gasteiger partial charge in [-0.05, 0) is 86.9 Å². The summed E-state index contributed by atoms with van der Waals surface area (Å²) in [5.41, 5.74) is 2.35. The first-order valence-electron chi connectivity index (χ1n) is 11.9. The Balaban J connectivity index is 1.22. The summed E-state index contributed by atoms with van der Waals surface area (Å²) in [5, 5.41) is 12.2. The largest absolute Gasteiger partial charge is 0.497 e. The Hall–Kier alpha value is -2.22. The van der Waals surface area contributed by atoms with Gasteiger partial charge in [0.05, 0.1) is 18.8 Å². The lowest BCUT2D eigenvalue weighted by Crippen LogP contribution is -2.42. The molecular formula is C26H34N4O2S. The van der Waals surface area contributed by atoms with Crippen LogP contribution in [0.2, 0.25) is 0 Å². The number of piperidine rings is 1. The van der Waals surface area contributed by atoms with Crippen LogP contribution < -0.4 is 4.74 Å². The quantitative estimate of drug-likeness (QED) is 0.330. The van der Waals surface area contributed by atoms with Crippen molar-refractivity contribution in [1.82, 2.24) is 19.9 Å². The summed E-state index contributed by atoms with van der Waals surface area (Å²) in [5.74, 6) is 2.90. The Morgan fingerprint density at radius 3 is 2.88 bits per heavy atom. The maximum Gasteiger partial charge on any atom is 0.119 e. The van der Waals surface area contributed by atoms with Crippen LogP contribution in [0.5, 0.6) is 5.75 Å². The molecule has 0 spiro atoms. The third kappa shape index (κ3) is 6.65. The van der Waals surface area contributed by atoms with Crippen molar-refractivity contribution >= 4 is 22.7 Å². The van der Waals surface area contributed by atoms with Crippen molar-refractivity contribution in [2.45, 2.75) is 37.1 Å². The molecule has 6 nitrogen and oxygen atoms in total. The van der Waals surface area contributed by atoms with Gasteiger partial charge in [0.1, 0.15) is 10.8 Å². The van der Waals surface area contributed by atoms with E-state index in [1.54, 1.807) is 31.3 Å². The molecule has 2 atom stereocenters. The molecule has 1 aliphatic heterocycles. The van der Waals surface area contributed by atoms with E-state index >= 15 is 0 Å². The molecule has 2 aromatic heterocycles. The number of nitrogens with zero attached hydrogens (tertiary/aromatic N) is 4. The number of pyridine rings is 1. The average molecular weight is 467 g/mol. The van der Waals surface area contributed by atoms with Gasteiger partial charge in [0, 0.05) is 42.9 Å². The number of rotatable bonds is 11. The molecule has 1 fully saturated rings. The molecule has 7 heteroatoms. The number of thioether (sulfide) groups is 1. The van der Waals surface area contributed by atoms with E-state index in [0.29, 0.717) is 11.8 Å². The molecule has 4 rings (SSSR count). The van der Waals surface area contributed by atoms with Crippen LogP contribution in [0.25, 0.3) is 10.9 Å². The van der Waals surface area contributed by atoms with Crippen molar-refractivity contribution in [3.8, 4) is 5.75 Å². The molecule has 1 saturated heterocycles. The van der Waals surface area contributed by atoms with Gasteiger partial charge in [-0.15, -0.1) is 11.8 Å². The molecule has 0 amide bonds. The normalized spacial score (nSPS) is 19.1. The lowest BCUT2D eigenvalue weighted by Gasteiger charge is -2.38.